The number of halogens is 2. The number of hydrogen-bond acceptors (Lipinski definition) is 3. The second-order valence-corrected chi connectivity index (χ2v) is 5.06. The van der Waals surface area contributed by atoms with Gasteiger partial charge in [-0.05, 0) is 19.0 Å². The third-order valence-electron chi connectivity index (χ3n) is 3.32. The number of hydrogen-bond donors (Lipinski definition) is 1. The standard InChI is InChI=1S/C13H19ClFN3/c1-2-3-17-4-6-18(7-5-17)13-8-10(14)11(15)9-12(13)16/h8-9H,2-7,16H2,1H3. The Hall–Kier alpha value is -1.00. The van der Waals surface area contributed by atoms with Gasteiger partial charge in [-0.25, -0.2) is 4.39 Å². The van der Waals surface area contributed by atoms with Crippen molar-refractivity contribution in [3.8, 4) is 0 Å². The predicted molar refractivity (Wildman–Crippen MR) is 74.8 cm³/mol. The molecule has 1 aliphatic rings. The highest BCUT2D eigenvalue weighted by Crippen LogP contribution is 2.30. The Morgan fingerprint density at radius 1 is 1.28 bits per heavy atom. The molecule has 18 heavy (non-hydrogen) atoms. The van der Waals surface area contributed by atoms with Crippen molar-refractivity contribution in [2.24, 2.45) is 0 Å². The van der Waals surface area contributed by atoms with E-state index in [0.29, 0.717) is 5.69 Å². The van der Waals surface area contributed by atoms with E-state index in [1.165, 1.54) is 12.5 Å². The topological polar surface area (TPSA) is 32.5 Å². The lowest BCUT2D eigenvalue weighted by molar-refractivity contribution is 0.258. The van der Waals surface area contributed by atoms with E-state index in [4.69, 9.17) is 17.3 Å². The van der Waals surface area contributed by atoms with Crippen LogP contribution in [0.5, 0.6) is 0 Å². The first-order valence-electron chi connectivity index (χ1n) is 6.33. The summed E-state index contributed by atoms with van der Waals surface area (Å²) >= 11 is 5.82. The smallest absolute Gasteiger partial charge is 0.143 e. The minimum Gasteiger partial charge on any atom is -0.397 e. The Labute approximate surface area is 112 Å². The van der Waals surface area contributed by atoms with Crippen molar-refractivity contribution in [1.29, 1.82) is 0 Å². The highest BCUT2D eigenvalue weighted by atomic mass is 35.5. The van der Waals surface area contributed by atoms with Crippen molar-refractivity contribution < 1.29 is 4.39 Å². The summed E-state index contributed by atoms with van der Waals surface area (Å²) in [6.07, 6.45) is 1.17. The maximum atomic E-state index is 13.3. The number of benzene rings is 1. The van der Waals surface area contributed by atoms with Crippen LogP contribution in [0.3, 0.4) is 0 Å². The summed E-state index contributed by atoms with van der Waals surface area (Å²) in [5.41, 5.74) is 7.16. The molecule has 3 nitrogen and oxygen atoms in total. The normalized spacial score (nSPS) is 17.2. The first kappa shape index (κ1) is 13.4. The fraction of sp³-hybridized carbons (Fsp3) is 0.538. The van der Waals surface area contributed by atoms with Gasteiger partial charge in [0.2, 0.25) is 0 Å². The summed E-state index contributed by atoms with van der Waals surface area (Å²) in [6, 6.07) is 2.93. The number of piperazine rings is 1. The summed E-state index contributed by atoms with van der Waals surface area (Å²) in [4.78, 5) is 4.60. The molecule has 2 N–H and O–H groups in total. The van der Waals surface area contributed by atoms with Crippen LogP contribution in [-0.4, -0.2) is 37.6 Å². The lowest BCUT2D eigenvalue weighted by Gasteiger charge is -2.36. The molecule has 1 saturated heterocycles. The van der Waals surface area contributed by atoms with Gasteiger partial charge in [0.25, 0.3) is 0 Å². The van der Waals surface area contributed by atoms with Crippen molar-refractivity contribution in [3.05, 3.63) is 23.0 Å². The van der Waals surface area contributed by atoms with Crippen LogP contribution in [0.2, 0.25) is 5.02 Å². The molecule has 1 aromatic rings. The van der Waals surface area contributed by atoms with Crippen molar-refractivity contribution >= 4 is 23.0 Å². The maximum Gasteiger partial charge on any atom is 0.143 e. The van der Waals surface area contributed by atoms with Crippen LogP contribution in [0.4, 0.5) is 15.8 Å². The minimum atomic E-state index is -0.456. The van der Waals surface area contributed by atoms with Gasteiger partial charge in [0.15, 0.2) is 0 Å². The fourth-order valence-corrected chi connectivity index (χ4v) is 2.51. The van der Waals surface area contributed by atoms with Gasteiger partial charge in [-0.1, -0.05) is 18.5 Å². The van der Waals surface area contributed by atoms with E-state index >= 15 is 0 Å². The van der Waals surface area contributed by atoms with Gasteiger partial charge in [-0.15, -0.1) is 0 Å². The van der Waals surface area contributed by atoms with Crippen LogP contribution < -0.4 is 10.6 Å². The molecule has 0 spiro atoms. The van der Waals surface area contributed by atoms with Crippen LogP contribution in [0.1, 0.15) is 13.3 Å². The molecule has 2 rings (SSSR count). The van der Waals surface area contributed by atoms with Gasteiger partial charge in [0, 0.05) is 32.2 Å². The predicted octanol–water partition coefficient (Wildman–Crippen LogP) is 2.59. The van der Waals surface area contributed by atoms with E-state index in [0.717, 1.165) is 38.4 Å². The van der Waals surface area contributed by atoms with Gasteiger partial charge in [0.1, 0.15) is 5.82 Å². The van der Waals surface area contributed by atoms with E-state index in [2.05, 4.69) is 16.7 Å². The van der Waals surface area contributed by atoms with E-state index in [-0.39, 0.29) is 5.02 Å². The zero-order valence-corrected chi connectivity index (χ0v) is 11.4. The maximum absolute atomic E-state index is 13.3. The molecule has 1 heterocycles. The quantitative estimate of drug-likeness (QED) is 0.858. The first-order chi connectivity index (χ1) is 8.61. The lowest BCUT2D eigenvalue weighted by Crippen LogP contribution is -2.46. The van der Waals surface area contributed by atoms with E-state index in [9.17, 15) is 4.39 Å². The Kier molecular flexibility index (Phi) is 4.30. The molecule has 0 saturated carbocycles. The molecule has 0 bridgehead atoms. The monoisotopic (exact) mass is 271 g/mol. The van der Waals surface area contributed by atoms with Crippen molar-refractivity contribution in [2.45, 2.75) is 13.3 Å². The van der Waals surface area contributed by atoms with Crippen molar-refractivity contribution in [2.75, 3.05) is 43.4 Å². The number of nitrogen functional groups attached to an aromatic ring is 1. The largest absolute Gasteiger partial charge is 0.397 e. The number of nitrogens with two attached hydrogens (primary N) is 1. The van der Waals surface area contributed by atoms with Gasteiger partial charge < -0.3 is 10.6 Å². The fourth-order valence-electron chi connectivity index (χ4n) is 2.35. The average Bonchev–Trinajstić information content (AvgIpc) is 2.35. The Morgan fingerprint density at radius 2 is 1.94 bits per heavy atom. The summed E-state index contributed by atoms with van der Waals surface area (Å²) in [7, 11) is 0. The summed E-state index contributed by atoms with van der Waals surface area (Å²) in [5, 5.41) is 0.134. The van der Waals surface area contributed by atoms with Crippen LogP contribution in [0.25, 0.3) is 0 Å². The van der Waals surface area contributed by atoms with Crippen LogP contribution >= 0.6 is 11.6 Å². The average molecular weight is 272 g/mol. The number of rotatable bonds is 3. The van der Waals surface area contributed by atoms with Crippen LogP contribution in [-0.2, 0) is 0 Å². The van der Waals surface area contributed by atoms with E-state index in [1.807, 2.05) is 0 Å². The highest BCUT2D eigenvalue weighted by molar-refractivity contribution is 6.31. The molecular weight excluding hydrogens is 253 g/mol. The SMILES string of the molecule is CCCN1CCN(c2cc(Cl)c(F)cc2N)CC1. The molecule has 0 radical (unpaired) electrons. The molecular formula is C13H19ClFN3. The zero-order valence-electron chi connectivity index (χ0n) is 10.6. The third-order valence-corrected chi connectivity index (χ3v) is 3.61. The molecule has 0 unspecified atom stereocenters. The Morgan fingerprint density at radius 3 is 2.56 bits per heavy atom. The van der Waals surface area contributed by atoms with Gasteiger partial charge in [-0.2, -0.15) is 0 Å². The van der Waals surface area contributed by atoms with Gasteiger partial charge in [0.05, 0.1) is 16.4 Å². The van der Waals surface area contributed by atoms with Gasteiger partial charge in [-0.3, -0.25) is 4.90 Å². The third kappa shape index (κ3) is 2.87. The molecule has 5 heteroatoms. The van der Waals surface area contributed by atoms with Crippen LogP contribution in [0.15, 0.2) is 12.1 Å². The second-order valence-electron chi connectivity index (χ2n) is 4.65. The first-order valence-corrected chi connectivity index (χ1v) is 6.71. The number of anilines is 2. The molecule has 1 fully saturated rings. The second kappa shape index (κ2) is 5.76. The Bertz CT molecular complexity index is 417. The van der Waals surface area contributed by atoms with Crippen molar-refractivity contribution in [3.63, 3.8) is 0 Å². The summed E-state index contributed by atoms with van der Waals surface area (Å²) in [5.74, 6) is -0.456. The zero-order chi connectivity index (χ0) is 13.1. The number of nitrogens with zero attached hydrogens (tertiary/aromatic N) is 2. The van der Waals surface area contributed by atoms with Crippen LogP contribution in [0, 0.1) is 5.82 Å². The molecule has 0 aromatic heterocycles. The van der Waals surface area contributed by atoms with Gasteiger partial charge >= 0.3 is 0 Å². The molecule has 100 valence electrons. The summed E-state index contributed by atoms with van der Waals surface area (Å²) < 4.78 is 13.3. The Balaban J connectivity index is 2.07. The molecule has 1 aliphatic heterocycles. The van der Waals surface area contributed by atoms with Crippen molar-refractivity contribution in [1.82, 2.24) is 4.90 Å². The molecule has 0 aliphatic carbocycles. The molecule has 0 atom stereocenters. The summed E-state index contributed by atoms with van der Waals surface area (Å²) in [6.45, 7) is 7.17. The lowest BCUT2D eigenvalue weighted by atomic mass is 10.2. The minimum absolute atomic E-state index is 0.134. The highest BCUT2D eigenvalue weighted by Gasteiger charge is 2.19. The molecule has 0 amide bonds. The van der Waals surface area contributed by atoms with E-state index in [1.54, 1.807) is 6.07 Å². The van der Waals surface area contributed by atoms with E-state index < -0.39 is 5.82 Å². The molecule has 1 aromatic carbocycles.